The number of rotatable bonds is 7. The molecule has 0 spiro atoms. The molecule has 0 aliphatic heterocycles. The van der Waals surface area contributed by atoms with Crippen LogP contribution in [-0.4, -0.2) is 22.7 Å². The SMILES string of the molecule is COc1ccc(/C=C/C(=O)c2ccn(C)n2)cc1COc1ccc(Cl)cc1C. The summed E-state index contributed by atoms with van der Waals surface area (Å²) in [4.78, 5) is 12.2. The highest BCUT2D eigenvalue weighted by Gasteiger charge is 2.08. The van der Waals surface area contributed by atoms with Crippen molar-refractivity contribution in [3.05, 3.63) is 82.1 Å². The first-order valence-corrected chi connectivity index (χ1v) is 9.12. The summed E-state index contributed by atoms with van der Waals surface area (Å²) in [7, 11) is 3.39. The quantitative estimate of drug-likeness (QED) is 0.422. The van der Waals surface area contributed by atoms with Crippen LogP contribution in [0.4, 0.5) is 0 Å². The second-order valence-corrected chi connectivity index (χ2v) is 6.78. The zero-order chi connectivity index (χ0) is 20.1. The molecule has 0 N–H and O–H groups in total. The van der Waals surface area contributed by atoms with Gasteiger partial charge in [0.1, 0.15) is 23.8 Å². The summed E-state index contributed by atoms with van der Waals surface area (Å²) in [6, 6.07) is 12.9. The van der Waals surface area contributed by atoms with E-state index in [1.807, 2.05) is 37.3 Å². The highest BCUT2D eigenvalue weighted by molar-refractivity contribution is 6.30. The van der Waals surface area contributed by atoms with Gasteiger partial charge in [0.15, 0.2) is 0 Å². The van der Waals surface area contributed by atoms with Gasteiger partial charge >= 0.3 is 0 Å². The topological polar surface area (TPSA) is 53.4 Å². The van der Waals surface area contributed by atoms with Crippen LogP contribution >= 0.6 is 11.6 Å². The van der Waals surface area contributed by atoms with Gasteiger partial charge in [-0.25, -0.2) is 0 Å². The number of halogens is 1. The Morgan fingerprint density at radius 1 is 1.18 bits per heavy atom. The zero-order valence-electron chi connectivity index (χ0n) is 16.0. The van der Waals surface area contributed by atoms with E-state index in [1.165, 1.54) is 6.08 Å². The molecule has 5 nitrogen and oxygen atoms in total. The lowest BCUT2D eigenvalue weighted by atomic mass is 10.1. The van der Waals surface area contributed by atoms with E-state index < -0.39 is 0 Å². The standard InChI is InChI=1S/C22H21ClN2O3/c1-15-12-18(23)6-9-21(15)28-14-17-13-16(5-8-22(17)27-3)4-7-20(26)19-10-11-25(2)24-19/h4-13H,14H2,1-3H3/b7-4+. The largest absolute Gasteiger partial charge is 0.496 e. The number of nitrogens with zero attached hydrogens (tertiary/aromatic N) is 2. The summed E-state index contributed by atoms with van der Waals surface area (Å²) < 4.78 is 13.0. The first-order valence-electron chi connectivity index (χ1n) is 8.74. The molecule has 144 valence electrons. The van der Waals surface area contributed by atoms with Gasteiger partial charge in [0.25, 0.3) is 0 Å². The number of ketones is 1. The molecule has 0 aliphatic carbocycles. The van der Waals surface area contributed by atoms with Gasteiger partial charge in [0, 0.05) is 23.8 Å². The number of benzene rings is 2. The van der Waals surface area contributed by atoms with Crippen molar-refractivity contribution < 1.29 is 14.3 Å². The van der Waals surface area contributed by atoms with Crippen molar-refractivity contribution in [1.29, 1.82) is 0 Å². The molecule has 0 fully saturated rings. The summed E-state index contributed by atoms with van der Waals surface area (Å²) in [5.41, 5.74) is 3.12. The van der Waals surface area contributed by atoms with Crippen LogP contribution in [0.25, 0.3) is 6.08 Å². The number of ether oxygens (including phenoxy) is 2. The Morgan fingerprint density at radius 2 is 1.96 bits per heavy atom. The number of methoxy groups -OCH3 is 1. The molecule has 0 unspecified atom stereocenters. The fourth-order valence-electron chi connectivity index (χ4n) is 2.75. The van der Waals surface area contributed by atoms with Crippen LogP contribution in [0.5, 0.6) is 11.5 Å². The number of aryl methyl sites for hydroxylation is 2. The lowest BCUT2D eigenvalue weighted by Crippen LogP contribution is -2.00. The highest BCUT2D eigenvalue weighted by atomic mass is 35.5. The molecule has 0 aliphatic rings. The van der Waals surface area contributed by atoms with Crippen molar-refractivity contribution in [2.75, 3.05) is 7.11 Å². The lowest BCUT2D eigenvalue weighted by molar-refractivity contribution is 0.104. The molecular weight excluding hydrogens is 376 g/mol. The van der Waals surface area contributed by atoms with E-state index in [-0.39, 0.29) is 5.78 Å². The predicted octanol–water partition coefficient (Wildman–Crippen LogP) is 4.87. The maximum atomic E-state index is 12.2. The molecule has 0 bridgehead atoms. The van der Waals surface area contributed by atoms with Gasteiger partial charge in [-0.2, -0.15) is 5.10 Å². The van der Waals surface area contributed by atoms with Crippen LogP contribution in [0, 0.1) is 6.92 Å². The summed E-state index contributed by atoms with van der Waals surface area (Å²) >= 11 is 5.99. The molecule has 0 radical (unpaired) electrons. The average Bonchev–Trinajstić information content (AvgIpc) is 3.12. The summed E-state index contributed by atoms with van der Waals surface area (Å²) in [5, 5.41) is 4.78. The van der Waals surface area contributed by atoms with Crippen LogP contribution in [0.2, 0.25) is 5.02 Å². The Kier molecular flexibility index (Phi) is 6.16. The zero-order valence-corrected chi connectivity index (χ0v) is 16.7. The lowest BCUT2D eigenvalue weighted by Gasteiger charge is -2.13. The van der Waals surface area contributed by atoms with Crippen molar-refractivity contribution in [2.45, 2.75) is 13.5 Å². The number of carbonyl (C=O) groups excluding carboxylic acids is 1. The number of hydrogen-bond donors (Lipinski definition) is 0. The van der Waals surface area contributed by atoms with Crippen molar-refractivity contribution in [3.8, 4) is 11.5 Å². The Balaban J connectivity index is 1.75. The Morgan fingerprint density at radius 3 is 2.64 bits per heavy atom. The number of allylic oxidation sites excluding steroid dienone is 1. The maximum absolute atomic E-state index is 12.2. The van der Waals surface area contributed by atoms with Crippen molar-refractivity contribution >= 4 is 23.5 Å². The molecular formula is C22H21ClN2O3. The normalized spacial score (nSPS) is 11.0. The molecule has 6 heteroatoms. The van der Waals surface area contributed by atoms with Crippen molar-refractivity contribution in [1.82, 2.24) is 9.78 Å². The second-order valence-electron chi connectivity index (χ2n) is 6.34. The Hall–Kier alpha value is -3.05. The molecule has 1 aromatic heterocycles. The summed E-state index contributed by atoms with van der Waals surface area (Å²) in [6.07, 6.45) is 5.01. The summed E-state index contributed by atoms with van der Waals surface area (Å²) in [6.45, 7) is 2.28. The molecule has 0 saturated carbocycles. The second kappa shape index (κ2) is 8.76. The minimum atomic E-state index is -0.147. The van der Waals surface area contributed by atoms with Gasteiger partial charge in [-0.15, -0.1) is 0 Å². The van der Waals surface area contributed by atoms with Crippen LogP contribution in [0.15, 0.2) is 54.7 Å². The molecule has 0 amide bonds. The highest BCUT2D eigenvalue weighted by Crippen LogP contribution is 2.26. The van der Waals surface area contributed by atoms with Gasteiger partial charge in [-0.1, -0.05) is 23.7 Å². The van der Waals surface area contributed by atoms with Gasteiger partial charge < -0.3 is 9.47 Å². The molecule has 28 heavy (non-hydrogen) atoms. The average molecular weight is 397 g/mol. The van der Waals surface area contributed by atoms with E-state index in [9.17, 15) is 4.79 Å². The van der Waals surface area contributed by atoms with Crippen molar-refractivity contribution in [2.24, 2.45) is 7.05 Å². The van der Waals surface area contributed by atoms with E-state index in [2.05, 4.69) is 5.10 Å². The van der Waals surface area contributed by atoms with Crippen molar-refractivity contribution in [3.63, 3.8) is 0 Å². The van der Waals surface area contributed by atoms with Gasteiger partial charge in [0.2, 0.25) is 5.78 Å². The van der Waals surface area contributed by atoms with E-state index >= 15 is 0 Å². The molecule has 1 heterocycles. The molecule has 3 rings (SSSR count). The molecule has 2 aromatic carbocycles. The van der Waals surface area contributed by atoms with E-state index in [4.69, 9.17) is 21.1 Å². The first-order chi connectivity index (χ1) is 13.5. The third kappa shape index (κ3) is 4.81. The predicted molar refractivity (Wildman–Crippen MR) is 110 cm³/mol. The first kappa shape index (κ1) is 19.7. The fraction of sp³-hybridized carbons (Fsp3) is 0.182. The van der Waals surface area contributed by atoms with Crippen LogP contribution in [0.3, 0.4) is 0 Å². The molecule has 0 saturated heterocycles. The van der Waals surface area contributed by atoms with Gasteiger partial charge in [0.05, 0.1) is 7.11 Å². The number of carbonyl (C=O) groups is 1. The number of aromatic nitrogens is 2. The third-order valence-electron chi connectivity index (χ3n) is 4.22. The van der Waals surface area contributed by atoms with E-state index in [0.29, 0.717) is 17.3 Å². The number of hydrogen-bond acceptors (Lipinski definition) is 4. The Labute approximate surface area is 169 Å². The van der Waals surface area contributed by atoms with Crippen LogP contribution < -0.4 is 9.47 Å². The molecule has 0 atom stereocenters. The fourth-order valence-corrected chi connectivity index (χ4v) is 2.98. The van der Waals surface area contributed by atoms with Gasteiger partial charge in [-0.05, 0) is 60.5 Å². The van der Waals surface area contributed by atoms with Gasteiger partial charge in [-0.3, -0.25) is 9.48 Å². The smallest absolute Gasteiger partial charge is 0.206 e. The van der Waals surface area contributed by atoms with E-state index in [0.717, 1.165) is 28.2 Å². The minimum absolute atomic E-state index is 0.147. The summed E-state index contributed by atoms with van der Waals surface area (Å²) in [5.74, 6) is 1.34. The van der Waals surface area contributed by atoms with Crippen LogP contribution in [0.1, 0.15) is 27.2 Å². The minimum Gasteiger partial charge on any atom is -0.496 e. The Bertz CT molecular complexity index is 1020. The monoisotopic (exact) mass is 396 g/mol. The van der Waals surface area contributed by atoms with E-state index in [1.54, 1.807) is 43.2 Å². The molecule has 3 aromatic rings. The third-order valence-corrected chi connectivity index (χ3v) is 4.45. The maximum Gasteiger partial charge on any atom is 0.206 e. The van der Waals surface area contributed by atoms with Crippen LogP contribution in [-0.2, 0) is 13.7 Å².